The number of benzene rings is 1. The van der Waals surface area contributed by atoms with Gasteiger partial charge in [-0.2, -0.15) is 5.26 Å². The number of carbonyl (C=O) groups excluding carboxylic acids is 1. The monoisotopic (exact) mass is 449 g/mol. The Morgan fingerprint density at radius 3 is 2.26 bits per heavy atom. The standard InChI is InChI=1S/C22H31N3O5S/c1-22(29-2,30-3)21(26)16-24-14-18-7-8-19(15-24)25(18)11-4-12-31(27,28)20-9-5-17(13-23)6-10-20/h5-6,9-10,18-19H,4,7-8,11-12,14-16H2,1-3H3. The first-order valence-electron chi connectivity index (χ1n) is 10.6. The highest BCUT2D eigenvalue weighted by Crippen LogP contribution is 2.30. The van der Waals surface area contributed by atoms with Crippen LogP contribution in [0.5, 0.6) is 0 Å². The number of rotatable bonds is 10. The lowest BCUT2D eigenvalue weighted by molar-refractivity contribution is -0.200. The molecule has 0 spiro atoms. The Morgan fingerprint density at radius 2 is 1.74 bits per heavy atom. The molecule has 8 nitrogen and oxygen atoms in total. The van der Waals surface area contributed by atoms with E-state index in [2.05, 4.69) is 9.80 Å². The van der Waals surface area contributed by atoms with Crippen molar-refractivity contribution in [3.05, 3.63) is 29.8 Å². The molecule has 0 saturated carbocycles. The number of sulfone groups is 1. The Hall–Kier alpha value is -1.83. The average molecular weight is 450 g/mol. The minimum Gasteiger partial charge on any atom is -0.347 e. The molecule has 3 rings (SSSR count). The summed E-state index contributed by atoms with van der Waals surface area (Å²) in [6.45, 7) is 4.21. The van der Waals surface area contributed by atoms with Gasteiger partial charge in [0.1, 0.15) is 0 Å². The lowest BCUT2D eigenvalue weighted by Crippen LogP contribution is -2.56. The number of Topliss-reactive ketones (excluding diaryl/α,β-unsaturated/α-hetero) is 1. The van der Waals surface area contributed by atoms with Crippen molar-refractivity contribution in [1.82, 2.24) is 9.80 Å². The van der Waals surface area contributed by atoms with Gasteiger partial charge in [0.2, 0.25) is 11.6 Å². The van der Waals surface area contributed by atoms with E-state index in [1.165, 1.54) is 38.5 Å². The molecule has 2 fully saturated rings. The largest absolute Gasteiger partial charge is 0.347 e. The molecular formula is C22H31N3O5S. The van der Waals surface area contributed by atoms with Gasteiger partial charge in [-0.3, -0.25) is 14.6 Å². The van der Waals surface area contributed by atoms with Crippen molar-refractivity contribution in [2.45, 2.75) is 49.0 Å². The number of fused-ring (bicyclic) bond motifs is 2. The number of ketones is 1. The Morgan fingerprint density at radius 1 is 1.16 bits per heavy atom. The molecule has 2 unspecified atom stereocenters. The van der Waals surface area contributed by atoms with Gasteiger partial charge in [-0.15, -0.1) is 0 Å². The molecule has 0 N–H and O–H groups in total. The van der Waals surface area contributed by atoms with Crippen LogP contribution in [0.1, 0.15) is 31.7 Å². The molecular weight excluding hydrogens is 418 g/mol. The van der Waals surface area contributed by atoms with Gasteiger partial charge < -0.3 is 9.47 Å². The predicted molar refractivity (Wildman–Crippen MR) is 115 cm³/mol. The second-order valence-corrected chi connectivity index (χ2v) is 10.5. The zero-order valence-corrected chi connectivity index (χ0v) is 19.2. The Bertz CT molecular complexity index is 907. The number of nitrogens with zero attached hydrogens (tertiary/aromatic N) is 3. The summed E-state index contributed by atoms with van der Waals surface area (Å²) in [7, 11) is -0.434. The molecule has 2 bridgehead atoms. The van der Waals surface area contributed by atoms with Gasteiger partial charge in [0.05, 0.1) is 28.8 Å². The summed E-state index contributed by atoms with van der Waals surface area (Å²) < 4.78 is 35.7. The summed E-state index contributed by atoms with van der Waals surface area (Å²) >= 11 is 0. The Kier molecular flexibility index (Phi) is 7.50. The van der Waals surface area contributed by atoms with Crippen molar-refractivity contribution in [3.63, 3.8) is 0 Å². The van der Waals surface area contributed by atoms with E-state index in [9.17, 15) is 13.2 Å². The number of likely N-dealkylation sites (tertiary alicyclic amines) is 1. The van der Waals surface area contributed by atoms with Crippen LogP contribution in [0.25, 0.3) is 0 Å². The van der Waals surface area contributed by atoms with Crippen molar-refractivity contribution in [2.24, 2.45) is 0 Å². The molecule has 170 valence electrons. The molecule has 1 aromatic carbocycles. The molecule has 0 radical (unpaired) electrons. The number of piperazine rings is 1. The van der Waals surface area contributed by atoms with Crippen LogP contribution in [0.15, 0.2) is 29.2 Å². The van der Waals surface area contributed by atoms with Crippen molar-refractivity contribution in [1.29, 1.82) is 5.26 Å². The molecule has 0 amide bonds. The average Bonchev–Trinajstić information content (AvgIpc) is 3.01. The van der Waals surface area contributed by atoms with E-state index < -0.39 is 15.6 Å². The van der Waals surface area contributed by atoms with Crippen molar-refractivity contribution in [3.8, 4) is 6.07 Å². The van der Waals surface area contributed by atoms with E-state index in [1.807, 2.05) is 6.07 Å². The lowest BCUT2D eigenvalue weighted by Gasteiger charge is -2.41. The van der Waals surface area contributed by atoms with Crippen LogP contribution >= 0.6 is 0 Å². The molecule has 2 saturated heterocycles. The third kappa shape index (κ3) is 5.33. The van der Waals surface area contributed by atoms with Gasteiger partial charge in [0, 0.05) is 39.4 Å². The molecule has 2 aliphatic rings. The van der Waals surface area contributed by atoms with Gasteiger partial charge in [0.15, 0.2) is 9.84 Å². The van der Waals surface area contributed by atoms with Crippen LogP contribution < -0.4 is 0 Å². The number of carbonyl (C=O) groups is 1. The summed E-state index contributed by atoms with van der Waals surface area (Å²) in [6, 6.07) is 8.73. The summed E-state index contributed by atoms with van der Waals surface area (Å²) in [5, 5.41) is 8.86. The number of nitriles is 1. The number of hydrogen-bond acceptors (Lipinski definition) is 8. The zero-order valence-electron chi connectivity index (χ0n) is 18.4. The first-order valence-corrected chi connectivity index (χ1v) is 12.2. The van der Waals surface area contributed by atoms with Crippen LogP contribution in [0.4, 0.5) is 0 Å². The minimum atomic E-state index is -3.37. The molecule has 0 aromatic heterocycles. The second-order valence-electron chi connectivity index (χ2n) is 8.40. The quantitative estimate of drug-likeness (QED) is 0.495. The van der Waals surface area contributed by atoms with Crippen molar-refractivity contribution in [2.75, 3.05) is 46.2 Å². The fraction of sp³-hybridized carbons (Fsp3) is 0.636. The van der Waals surface area contributed by atoms with E-state index in [-0.39, 0.29) is 23.0 Å². The number of ether oxygens (including phenoxy) is 2. The van der Waals surface area contributed by atoms with Crippen molar-refractivity contribution >= 4 is 15.6 Å². The third-order valence-electron chi connectivity index (χ3n) is 6.53. The van der Waals surface area contributed by atoms with Gasteiger partial charge in [-0.25, -0.2) is 8.42 Å². The Labute approximate surface area is 184 Å². The highest BCUT2D eigenvalue weighted by Gasteiger charge is 2.42. The van der Waals surface area contributed by atoms with Gasteiger partial charge in [-0.05, 0) is 57.0 Å². The lowest BCUT2D eigenvalue weighted by atomic mass is 10.1. The van der Waals surface area contributed by atoms with E-state index in [4.69, 9.17) is 14.7 Å². The first-order chi connectivity index (χ1) is 14.7. The van der Waals surface area contributed by atoms with E-state index in [0.29, 0.717) is 24.1 Å². The van der Waals surface area contributed by atoms with Crippen LogP contribution in [0.3, 0.4) is 0 Å². The maximum atomic E-state index is 12.6. The summed E-state index contributed by atoms with van der Waals surface area (Å²) in [6.07, 6.45) is 2.67. The van der Waals surface area contributed by atoms with Crippen LogP contribution in [0.2, 0.25) is 0 Å². The number of methoxy groups -OCH3 is 2. The topological polar surface area (TPSA) is 99.9 Å². The molecule has 2 atom stereocenters. The summed E-state index contributed by atoms with van der Waals surface area (Å²) in [4.78, 5) is 17.4. The van der Waals surface area contributed by atoms with E-state index in [0.717, 1.165) is 32.5 Å². The highest BCUT2D eigenvalue weighted by molar-refractivity contribution is 7.91. The molecule has 9 heteroatoms. The van der Waals surface area contributed by atoms with Gasteiger partial charge in [0.25, 0.3) is 0 Å². The highest BCUT2D eigenvalue weighted by atomic mass is 32.2. The van der Waals surface area contributed by atoms with Crippen LogP contribution in [-0.4, -0.2) is 88.0 Å². The fourth-order valence-corrected chi connectivity index (χ4v) is 5.82. The summed E-state index contributed by atoms with van der Waals surface area (Å²) in [5.41, 5.74) is 0.447. The fourth-order valence-electron chi connectivity index (χ4n) is 4.52. The van der Waals surface area contributed by atoms with Gasteiger partial charge >= 0.3 is 0 Å². The molecule has 1 aromatic rings. The normalized spacial score (nSPS) is 22.4. The first kappa shape index (κ1) is 23.8. The van der Waals surface area contributed by atoms with E-state index >= 15 is 0 Å². The smallest absolute Gasteiger partial charge is 0.226 e. The molecule has 0 aliphatic carbocycles. The maximum Gasteiger partial charge on any atom is 0.226 e. The van der Waals surface area contributed by atoms with E-state index in [1.54, 1.807) is 6.92 Å². The second kappa shape index (κ2) is 9.76. The molecule has 31 heavy (non-hydrogen) atoms. The maximum absolute atomic E-state index is 12.6. The minimum absolute atomic E-state index is 0.0804. The van der Waals surface area contributed by atoms with Crippen LogP contribution in [-0.2, 0) is 24.1 Å². The van der Waals surface area contributed by atoms with Crippen LogP contribution in [0, 0.1) is 11.3 Å². The zero-order chi connectivity index (χ0) is 22.6. The van der Waals surface area contributed by atoms with Crippen molar-refractivity contribution < 1.29 is 22.7 Å². The van der Waals surface area contributed by atoms with Gasteiger partial charge in [-0.1, -0.05) is 0 Å². The number of hydrogen-bond donors (Lipinski definition) is 0. The molecule has 2 aliphatic heterocycles. The summed E-state index contributed by atoms with van der Waals surface area (Å²) in [5.74, 6) is -1.24. The Balaban J connectivity index is 1.52. The third-order valence-corrected chi connectivity index (χ3v) is 8.35. The SMILES string of the molecule is COC(C)(OC)C(=O)CN1CC2CCC(C1)N2CCCS(=O)(=O)c1ccc(C#N)cc1. The predicted octanol–water partition coefficient (Wildman–Crippen LogP) is 1.45. The molecule has 2 heterocycles.